The molecule has 4 heteroatoms. The van der Waals surface area contributed by atoms with Crippen molar-refractivity contribution in [3.05, 3.63) is 56.5 Å². The number of ether oxygens (including phenoxy) is 1. The second-order valence-corrected chi connectivity index (χ2v) is 6.50. The van der Waals surface area contributed by atoms with Crippen LogP contribution in [-0.2, 0) is 13.0 Å². The van der Waals surface area contributed by atoms with Gasteiger partial charge < -0.3 is 10.1 Å². The summed E-state index contributed by atoms with van der Waals surface area (Å²) in [6, 6.07) is 12.3. The van der Waals surface area contributed by atoms with Crippen molar-refractivity contribution >= 4 is 37.5 Å². The van der Waals surface area contributed by atoms with Crippen LogP contribution in [0.4, 0.5) is 5.69 Å². The summed E-state index contributed by atoms with van der Waals surface area (Å²) < 4.78 is 7.55. The number of nitrogens with one attached hydrogen (secondary N) is 1. The van der Waals surface area contributed by atoms with Crippen molar-refractivity contribution in [3.8, 4) is 18.1 Å². The zero-order valence-electron chi connectivity index (χ0n) is 12.3. The van der Waals surface area contributed by atoms with Crippen molar-refractivity contribution in [2.75, 3.05) is 11.9 Å². The Morgan fingerprint density at radius 2 is 1.95 bits per heavy atom. The molecular formula is C18H17Br2NO. The van der Waals surface area contributed by atoms with E-state index in [-0.39, 0.29) is 6.61 Å². The highest BCUT2D eigenvalue weighted by Gasteiger charge is 2.10. The summed E-state index contributed by atoms with van der Waals surface area (Å²) in [7, 11) is 0. The highest BCUT2D eigenvalue weighted by molar-refractivity contribution is 9.11. The largest absolute Gasteiger partial charge is 0.479 e. The Hall–Kier alpha value is -1.44. The number of para-hydroxylation sites is 1. The number of terminal acetylenes is 1. The zero-order chi connectivity index (χ0) is 15.9. The molecule has 0 aromatic heterocycles. The number of halogens is 2. The number of anilines is 1. The summed E-state index contributed by atoms with van der Waals surface area (Å²) in [4.78, 5) is 0. The van der Waals surface area contributed by atoms with Crippen LogP contribution in [0.15, 0.2) is 45.3 Å². The van der Waals surface area contributed by atoms with Crippen LogP contribution in [0.25, 0.3) is 0 Å². The molecule has 2 aromatic rings. The number of aryl methyl sites for hydroxylation is 1. The molecular weight excluding hydrogens is 406 g/mol. The third-order valence-corrected chi connectivity index (χ3v) is 4.30. The lowest BCUT2D eigenvalue weighted by molar-refractivity contribution is 0.364. The fourth-order valence-electron chi connectivity index (χ4n) is 2.21. The first-order valence-corrected chi connectivity index (χ1v) is 8.60. The van der Waals surface area contributed by atoms with Crippen molar-refractivity contribution in [1.82, 2.24) is 0 Å². The van der Waals surface area contributed by atoms with Gasteiger partial charge in [0, 0.05) is 22.3 Å². The second kappa shape index (κ2) is 8.26. The smallest absolute Gasteiger partial charge is 0.148 e. The van der Waals surface area contributed by atoms with Crippen molar-refractivity contribution in [2.45, 2.75) is 19.9 Å². The van der Waals surface area contributed by atoms with Crippen LogP contribution in [0.1, 0.15) is 18.1 Å². The molecule has 2 aromatic carbocycles. The van der Waals surface area contributed by atoms with E-state index >= 15 is 0 Å². The van der Waals surface area contributed by atoms with Gasteiger partial charge in [-0.25, -0.2) is 0 Å². The molecule has 0 spiro atoms. The maximum absolute atomic E-state index is 5.67. The van der Waals surface area contributed by atoms with Crippen LogP contribution >= 0.6 is 31.9 Å². The fraction of sp³-hybridized carbons (Fsp3) is 0.222. The van der Waals surface area contributed by atoms with Gasteiger partial charge in [-0.2, -0.15) is 0 Å². The summed E-state index contributed by atoms with van der Waals surface area (Å²) in [6.07, 6.45) is 6.29. The van der Waals surface area contributed by atoms with Gasteiger partial charge in [-0.15, -0.1) is 6.42 Å². The molecule has 2 nitrogen and oxygen atoms in total. The number of rotatable bonds is 6. The highest BCUT2D eigenvalue weighted by Crippen LogP contribution is 2.33. The van der Waals surface area contributed by atoms with Crippen LogP contribution in [0.5, 0.6) is 5.75 Å². The molecule has 0 heterocycles. The molecule has 1 N–H and O–H groups in total. The average Bonchev–Trinajstić information content (AvgIpc) is 2.52. The number of hydrogen-bond acceptors (Lipinski definition) is 2. The molecule has 2 rings (SSSR count). The molecule has 0 saturated heterocycles. The van der Waals surface area contributed by atoms with Crippen LogP contribution < -0.4 is 10.1 Å². The van der Waals surface area contributed by atoms with Crippen LogP contribution in [-0.4, -0.2) is 6.61 Å². The molecule has 114 valence electrons. The molecule has 0 radical (unpaired) electrons. The Morgan fingerprint density at radius 1 is 1.18 bits per heavy atom. The summed E-state index contributed by atoms with van der Waals surface area (Å²) in [5.74, 6) is 3.28. The number of hydrogen-bond donors (Lipinski definition) is 1. The maximum Gasteiger partial charge on any atom is 0.148 e. The molecule has 22 heavy (non-hydrogen) atoms. The van der Waals surface area contributed by atoms with Gasteiger partial charge in [-0.3, -0.25) is 0 Å². The molecule has 0 atom stereocenters. The van der Waals surface area contributed by atoms with Gasteiger partial charge in [-0.05, 0) is 46.1 Å². The van der Waals surface area contributed by atoms with Crippen molar-refractivity contribution in [2.24, 2.45) is 0 Å². The van der Waals surface area contributed by atoms with E-state index in [1.54, 1.807) is 0 Å². The molecule has 0 bridgehead atoms. The SMILES string of the molecule is C#CCOc1c(Br)cc(Br)cc1CNc1ccccc1CC. The van der Waals surface area contributed by atoms with Crippen molar-refractivity contribution in [1.29, 1.82) is 0 Å². The minimum atomic E-state index is 0.249. The average molecular weight is 423 g/mol. The third kappa shape index (κ3) is 4.28. The minimum Gasteiger partial charge on any atom is -0.479 e. The Labute approximate surface area is 148 Å². The van der Waals surface area contributed by atoms with Gasteiger partial charge in [0.25, 0.3) is 0 Å². The van der Waals surface area contributed by atoms with E-state index in [0.717, 1.165) is 32.4 Å². The van der Waals surface area contributed by atoms with Crippen molar-refractivity contribution < 1.29 is 4.74 Å². The zero-order valence-corrected chi connectivity index (χ0v) is 15.5. The van der Waals surface area contributed by atoms with E-state index in [9.17, 15) is 0 Å². The molecule has 0 saturated carbocycles. The van der Waals surface area contributed by atoms with Gasteiger partial charge >= 0.3 is 0 Å². The van der Waals surface area contributed by atoms with Gasteiger partial charge in [0.15, 0.2) is 0 Å². The summed E-state index contributed by atoms with van der Waals surface area (Å²) in [5.41, 5.74) is 3.48. The minimum absolute atomic E-state index is 0.249. The van der Waals surface area contributed by atoms with Crippen LogP contribution in [0.2, 0.25) is 0 Å². The second-order valence-electron chi connectivity index (χ2n) is 4.73. The number of benzene rings is 2. The molecule has 0 fully saturated rings. The Kier molecular flexibility index (Phi) is 6.35. The van der Waals surface area contributed by atoms with Gasteiger partial charge in [-0.1, -0.05) is 47.0 Å². The standard InChI is InChI=1S/C18H17Br2NO/c1-3-9-22-18-14(10-15(19)11-16(18)20)12-21-17-8-6-5-7-13(17)4-2/h1,5-8,10-11,21H,4,9,12H2,2H3. The highest BCUT2D eigenvalue weighted by atomic mass is 79.9. The molecule has 0 aliphatic carbocycles. The monoisotopic (exact) mass is 421 g/mol. The van der Waals surface area contributed by atoms with E-state index in [4.69, 9.17) is 11.2 Å². The van der Waals surface area contributed by atoms with Gasteiger partial charge in [0.1, 0.15) is 12.4 Å². The molecule has 0 unspecified atom stereocenters. The fourth-order valence-corrected chi connectivity index (χ4v) is 3.64. The first-order chi connectivity index (χ1) is 10.7. The molecule has 0 amide bonds. The lowest BCUT2D eigenvalue weighted by Gasteiger charge is -2.15. The van der Waals surface area contributed by atoms with Gasteiger partial charge in [0.2, 0.25) is 0 Å². The Balaban J connectivity index is 2.23. The van der Waals surface area contributed by atoms with E-state index in [0.29, 0.717) is 6.54 Å². The van der Waals surface area contributed by atoms with Crippen molar-refractivity contribution in [3.63, 3.8) is 0 Å². The topological polar surface area (TPSA) is 21.3 Å². The lowest BCUT2D eigenvalue weighted by Crippen LogP contribution is -2.06. The Morgan fingerprint density at radius 3 is 2.68 bits per heavy atom. The summed E-state index contributed by atoms with van der Waals surface area (Å²) in [6.45, 7) is 3.06. The van der Waals surface area contributed by atoms with E-state index < -0.39 is 0 Å². The van der Waals surface area contributed by atoms with E-state index in [2.05, 4.69) is 68.2 Å². The Bertz CT molecular complexity index is 692. The normalized spacial score (nSPS) is 10.1. The van der Waals surface area contributed by atoms with Crippen LogP contribution in [0.3, 0.4) is 0 Å². The van der Waals surface area contributed by atoms with E-state index in [1.165, 1.54) is 5.56 Å². The quantitative estimate of drug-likeness (QED) is 0.629. The predicted octanol–water partition coefficient (Wildman–Crippen LogP) is 5.40. The van der Waals surface area contributed by atoms with Crippen LogP contribution in [0, 0.1) is 12.3 Å². The third-order valence-electron chi connectivity index (χ3n) is 3.25. The van der Waals surface area contributed by atoms with E-state index in [1.807, 2.05) is 18.2 Å². The summed E-state index contributed by atoms with van der Waals surface area (Å²) >= 11 is 7.05. The first-order valence-electron chi connectivity index (χ1n) is 7.01. The van der Waals surface area contributed by atoms with Gasteiger partial charge in [0.05, 0.1) is 4.47 Å². The first kappa shape index (κ1) is 16.9. The maximum atomic E-state index is 5.67. The molecule has 0 aliphatic rings. The predicted molar refractivity (Wildman–Crippen MR) is 99.3 cm³/mol. The lowest BCUT2D eigenvalue weighted by atomic mass is 10.1. The summed E-state index contributed by atoms with van der Waals surface area (Å²) in [5, 5.41) is 3.48. The molecule has 0 aliphatic heterocycles.